The summed E-state index contributed by atoms with van der Waals surface area (Å²) in [7, 11) is 0. The topological polar surface area (TPSA) is 53.2 Å². The molecule has 1 aromatic rings. The highest BCUT2D eigenvalue weighted by molar-refractivity contribution is 5.47. The number of aryl methyl sites for hydroxylation is 2. The lowest BCUT2D eigenvalue weighted by molar-refractivity contribution is 0.103. The lowest BCUT2D eigenvalue weighted by Gasteiger charge is -2.14. The third kappa shape index (κ3) is 2.98. The predicted octanol–water partition coefficient (Wildman–Crippen LogP) is 2.32. The molecule has 0 fully saturated rings. The number of aliphatic hydroxyl groups excluding tert-OH is 1. The zero-order valence-corrected chi connectivity index (χ0v) is 9.95. The maximum atomic E-state index is 9.42. The van der Waals surface area contributed by atoms with Crippen LogP contribution in [0, 0.1) is 25.2 Å². The number of nitriles is 1. The van der Waals surface area contributed by atoms with E-state index in [0.717, 1.165) is 16.9 Å². The van der Waals surface area contributed by atoms with Gasteiger partial charge in [-0.25, -0.2) is 0 Å². The van der Waals surface area contributed by atoms with E-state index in [1.807, 2.05) is 20.8 Å². The molecule has 0 heterocycles. The first-order chi connectivity index (χ1) is 7.58. The van der Waals surface area contributed by atoms with E-state index in [-0.39, 0.29) is 0 Å². The molecular weight excluding hydrogens is 202 g/mol. The van der Waals surface area contributed by atoms with E-state index >= 15 is 0 Å². The number of nitrogens with zero attached hydrogens (tertiary/aromatic N) is 1. The minimum atomic E-state index is -0.436. The molecule has 0 saturated carbocycles. The first-order valence-electron chi connectivity index (χ1n) is 5.40. The van der Waals surface area contributed by atoms with Gasteiger partial charge in [0, 0.05) is 0 Å². The van der Waals surface area contributed by atoms with Gasteiger partial charge < -0.3 is 9.84 Å². The second-order valence-corrected chi connectivity index (χ2v) is 3.92. The summed E-state index contributed by atoms with van der Waals surface area (Å²) in [6.07, 6.45) is 0.239. The molecule has 0 aliphatic heterocycles. The van der Waals surface area contributed by atoms with Crippen LogP contribution in [0.4, 0.5) is 0 Å². The highest BCUT2D eigenvalue weighted by atomic mass is 16.5. The van der Waals surface area contributed by atoms with Gasteiger partial charge in [0.1, 0.15) is 12.4 Å². The van der Waals surface area contributed by atoms with Gasteiger partial charge in [-0.15, -0.1) is 0 Å². The maximum Gasteiger partial charge on any atom is 0.125 e. The second kappa shape index (κ2) is 5.53. The fourth-order valence-electron chi connectivity index (χ4n) is 1.54. The molecule has 0 aromatic heterocycles. The first kappa shape index (κ1) is 12.5. The molecule has 86 valence electrons. The van der Waals surface area contributed by atoms with E-state index in [1.54, 1.807) is 12.1 Å². The molecule has 1 atom stereocenters. The normalized spacial score (nSPS) is 11.9. The molecule has 0 aliphatic carbocycles. The standard InChI is InChI=1S/C13H17NO2/c1-4-12(15)8-16-13-9(2)5-11(7-14)6-10(13)3/h5-6,12,15H,4,8H2,1-3H3. The van der Waals surface area contributed by atoms with Crippen molar-refractivity contribution in [3.63, 3.8) is 0 Å². The molecule has 1 unspecified atom stereocenters. The molecule has 0 aliphatic rings. The number of hydrogen-bond acceptors (Lipinski definition) is 3. The van der Waals surface area contributed by atoms with Gasteiger partial charge in [0.25, 0.3) is 0 Å². The zero-order chi connectivity index (χ0) is 12.1. The van der Waals surface area contributed by atoms with Gasteiger partial charge in [-0.2, -0.15) is 5.26 Å². The van der Waals surface area contributed by atoms with Crippen molar-refractivity contribution in [2.75, 3.05) is 6.61 Å². The van der Waals surface area contributed by atoms with E-state index < -0.39 is 6.10 Å². The third-order valence-electron chi connectivity index (χ3n) is 2.48. The van der Waals surface area contributed by atoms with Crippen molar-refractivity contribution in [1.29, 1.82) is 5.26 Å². The fraction of sp³-hybridized carbons (Fsp3) is 0.462. The van der Waals surface area contributed by atoms with Crippen molar-refractivity contribution in [3.8, 4) is 11.8 Å². The van der Waals surface area contributed by atoms with Crippen LogP contribution in [0.3, 0.4) is 0 Å². The fourth-order valence-corrected chi connectivity index (χ4v) is 1.54. The van der Waals surface area contributed by atoms with Crippen molar-refractivity contribution in [1.82, 2.24) is 0 Å². The van der Waals surface area contributed by atoms with Gasteiger partial charge in [0.15, 0.2) is 0 Å². The summed E-state index contributed by atoms with van der Waals surface area (Å²) >= 11 is 0. The van der Waals surface area contributed by atoms with Crippen molar-refractivity contribution in [3.05, 3.63) is 28.8 Å². The Morgan fingerprint density at radius 1 is 1.38 bits per heavy atom. The molecule has 0 spiro atoms. The van der Waals surface area contributed by atoms with Crippen LogP contribution < -0.4 is 4.74 Å². The predicted molar refractivity (Wildman–Crippen MR) is 62.4 cm³/mol. The Balaban J connectivity index is 2.85. The Labute approximate surface area is 96.3 Å². The molecule has 1 N–H and O–H groups in total. The van der Waals surface area contributed by atoms with Crippen molar-refractivity contribution in [2.24, 2.45) is 0 Å². The van der Waals surface area contributed by atoms with Gasteiger partial charge in [0.2, 0.25) is 0 Å². The molecule has 16 heavy (non-hydrogen) atoms. The van der Waals surface area contributed by atoms with Crippen molar-refractivity contribution >= 4 is 0 Å². The van der Waals surface area contributed by atoms with Crippen LogP contribution in [-0.2, 0) is 0 Å². The van der Waals surface area contributed by atoms with E-state index in [1.165, 1.54) is 0 Å². The number of hydrogen-bond donors (Lipinski definition) is 1. The summed E-state index contributed by atoms with van der Waals surface area (Å²) in [5, 5.41) is 18.2. The molecular formula is C13H17NO2. The average molecular weight is 219 g/mol. The Morgan fingerprint density at radius 2 is 1.94 bits per heavy atom. The largest absolute Gasteiger partial charge is 0.490 e. The lowest BCUT2D eigenvalue weighted by atomic mass is 10.1. The lowest BCUT2D eigenvalue weighted by Crippen LogP contribution is -2.16. The molecule has 3 heteroatoms. The highest BCUT2D eigenvalue weighted by Crippen LogP contribution is 2.24. The minimum absolute atomic E-state index is 0.296. The van der Waals surface area contributed by atoms with Crippen LogP contribution >= 0.6 is 0 Å². The van der Waals surface area contributed by atoms with Gasteiger partial charge in [-0.1, -0.05) is 6.92 Å². The Hall–Kier alpha value is -1.53. The van der Waals surface area contributed by atoms with E-state index in [2.05, 4.69) is 6.07 Å². The van der Waals surface area contributed by atoms with E-state index in [9.17, 15) is 5.11 Å². The summed E-state index contributed by atoms with van der Waals surface area (Å²) < 4.78 is 5.56. The van der Waals surface area contributed by atoms with Crippen molar-refractivity contribution < 1.29 is 9.84 Å². The minimum Gasteiger partial charge on any atom is -0.490 e. The van der Waals surface area contributed by atoms with E-state index in [0.29, 0.717) is 18.6 Å². The number of ether oxygens (including phenoxy) is 1. The van der Waals surface area contributed by atoms with Gasteiger partial charge in [0.05, 0.1) is 17.7 Å². The number of benzene rings is 1. The van der Waals surface area contributed by atoms with Crippen LogP contribution in [0.5, 0.6) is 5.75 Å². The monoisotopic (exact) mass is 219 g/mol. The Morgan fingerprint density at radius 3 is 2.38 bits per heavy atom. The molecule has 0 radical (unpaired) electrons. The summed E-state index contributed by atoms with van der Waals surface area (Å²) in [6, 6.07) is 5.69. The molecule has 0 amide bonds. The van der Waals surface area contributed by atoms with Crippen molar-refractivity contribution in [2.45, 2.75) is 33.3 Å². The highest BCUT2D eigenvalue weighted by Gasteiger charge is 2.08. The smallest absolute Gasteiger partial charge is 0.125 e. The number of aliphatic hydroxyl groups is 1. The average Bonchev–Trinajstić information content (AvgIpc) is 2.27. The summed E-state index contributed by atoms with van der Waals surface area (Å²) in [5.41, 5.74) is 2.50. The molecule has 0 saturated heterocycles. The Kier molecular flexibility index (Phi) is 4.33. The van der Waals surface area contributed by atoms with Gasteiger partial charge in [-0.3, -0.25) is 0 Å². The SMILES string of the molecule is CCC(O)COc1c(C)cc(C#N)cc1C. The first-order valence-corrected chi connectivity index (χ1v) is 5.40. The van der Waals surface area contributed by atoms with Crippen LogP contribution in [0.25, 0.3) is 0 Å². The zero-order valence-electron chi connectivity index (χ0n) is 9.95. The number of rotatable bonds is 4. The van der Waals surface area contributed by atoms with Crippen LogP contribution in [-0.4, -0.2) is 17.8 Å². The molecule has 1 rings (SSSR count). The Bertz CT molecular complexity index is 384. The summed E-state index contributed by atoms with van der Waals surface area (Å²) in [5.74, 6) is 0.770. The quantitative estimate of drug-likeness (QED) is 0.845. The van der Waals surface area contributed by atoms with Crippen LogP contribution in [0.15, 0.2) is 12.1 Å². The molecule has 1 aromatic carbocycles. The molecule has 3 nitrogen and oxygen atoms in total. The second-order valence-electron chi connectivity index (χ2n) is 3.92. The van der Waals surface area contributed by atoms with E-state index in [4.69, 9.17) is 10.00 Å². The maximum absolute atomic E-state index is 9.42. The van der Waals surface area contributed by atoms with Crippen LogP contribution in [0.1, 0.15) is 30.0 Å². The summed E-state index contributed by atoms with van der Waals surface area (Å²) in [4.78, 5) is 0. The summed E-state index contributed by atoms with van der Waals surface area (Å²) in [6.45, 7) is 6.01. The van der Waals surface area contributed by atoms with Crippen LogP contribution in [0.2, 0.25) is 0 Å². The van der Waals surface area contributed by atoms with Gasteiger partial charge in [-0.05, 0) is 43.5 Å². The van der Waals surface area contributed by atoms with Gasteiger partial charge >= 0.3 is 0 Å². The third-order valence-corrected chi connectivity index (χ3v) is 2.48. The molecule has 0 bridgehead atoms.